The number of rotatable bonds is 4. The molecule has 2 aliphatic heterocycles. The number of aliphatic carboxylic acids is 1. The number of aliphatic imine (C=N–C) groups is 1. The van der Waals surface area contributed by atoms with Gasteiger partial charge in [-0.25, -0.2) is 10.2 Å². The molecule has 11 heteroatoms. The van der Waals surface area contributed by atoms with Crippen molar-refractivity contribution in [3.63, 3.8) is 0 Å². The smallest absolute Gasteiger partial charge is 0.306 e. The molecule has 4 aromatic rings. The first-order valence-electron chi connectivity index (χ1n) is 16.5. The van der Waals surface area contributed by atoms with Crippen molar-refractivity contribution in [2.45, 2.75) is 77.9 Å². The Balaban J connectivity index is 1.37. The van der Waals surface area contributed by atoms with E-state index >= 15 is 4.39 Å². The van der Waals surface area contributed by atoms with Crippen LogP contribution in [0.4, 0.5) is 4.39 Å². The van der Waals surface area contributed by atoms with Crippen LogP contribution in [0.15, 0.2) is 83.6 Å². The Labute approximate surface area is 279 Å². The van der Waals surface area contributed by atoms with Gasteiger partial charge in [-0.05, 0) is 48.6 Å². The van der Waals surface area contributed by atoms with Crippen molar-refractivity contribution < 1.29 is 19.0 Å². The van der Waals surface area contributed by atoms with E-state index in [0.29, 0.717) is 35.4 Å². The normalized spacial score (nSPS) is 21.9. The van der Waals surface area contributed by atoms with E-state index < -0.39 is 17.7 Å². The number of carboxylic acid groups (broad SMARTS) is 1. The van der Waals surface area contributed by atoms with Crippen LogP contribution in [0.25, 0.3) is 10.9 Å². The van der Waals surface area contributed by atoms with Crippen LogP contribution < -0.4 is 16.3 Å². The van der Waals surface area contributed by atoms with Crippen LogP contribution in [0.1, 0.15) is 87.3 Å². The SMILES string of the molecule is CC(Cc1cccc(C2CCCCC(C)(C)/C(N)=C/N(N)Cc3c(c(F)cc4[nH]ccc34)OC3=CC=NC(C3)c3ccn2n3)c1)C(=O)O. The number of H-pyrrole nitrogens is 1. The second kappa shape index (κ2) is 13.7. The number of halogens is 1. The molecule has 0 aliphatic carbocycles. The fourth-order valence-corrected chi connectivity index (χ4v) is 6.57. The summed E-state index contributed by atoms with van der Waals surface area (Å²) in [5.74, 6) is 5.40. The van der Waals surface area contributed by atoms with Gasteiger partial charge in [-0.1, -0.05) is 57.9 Å². The molecule has 0 saturated carbocycles. The molecule has 4 heterocycles. The summed E-state index contributed by atoms with van der Waals surface area (Å²) in [6.45, 7) is 6.12. The average molecular weight is 654 g/mol. The number of hydrazine groups is 1. The molecular formula is C37H44FN7O3. The molecule has 4 bridgehead atoms. The zero-order chi connectivity index (χ0) is 34.0. The topological polar surface area (TPSA) is 148 Å². The molecule has 10 nitrogen and oxygen atoms in total. The second-order valence-corrected chi connectivity index (χ2v) is 13.7. The van der Waals surface area contributed by atoms with Gasteiger partial charge in [-0.2, -0.15) is 5.10 Å². The molecule has 2 aromatic heterocycles. The van der Waals surface area contributed by atoms with Crippen LogP contribution in [0.5, 0.6) is 5.75 Å². The lowest BCUT2D eigenvalue weighted by Crippen LogP contribution is -2.30. The maximum atomic E-state index is 15.7. The number of aromatic nitrogens is 3. The third-order valence-corrected chi connectivity index (χ3v) is 9.57. The molecule has 252 valence electrons. The van der Waals surface area contributed by atoms with Crippen molar-refractivity contribution in [3.8, 4) is 5.75 Å². The highest BCUT2D eigenvalue weighted by atomic mass is 19.1. The highest BCUT2D eigenvalue weighted by Crippen LogP contribution is 2.37. The maximum absolute atomic E-state index is 15.7. The van der Waals surface area contributed by atoms with Gasteiger partial charge in [0.15, 0.2) is 11.6 Å². The zero-order valence-corrected chi connectivity index (χ0v) is 27.7. The molecule has 3 atom stereocenters. The number of fused-ring (bicyclic) bond motifs is 8. The van der Waals surface area contributed by atoms with Crippen molar-refractivity contribution in [2.24, 2.45) is 27.9 Å². The molecule has 6 N–H and O–H groups in total. The number of dihydropyridines is 1. The van der Waals surface area contributed by atoms with Gasteiger partial charge >= 0.3 is 5.97 Å². The predicted molar refractivity (Wildman–Crippen MR) is 184 cm³/mol. The van der Waals surface area contributed by atoms with Gasteiger partial charge in [0.2, 0.25) is 0 Å². The van der Waals surface area contributed by atoms with Crippen molar-refractivity contribution >= 4 is 23.1 Å². The van der Waals surface area contributed by atoms with E-state index in [-0.39, 0.29) is 29.8 Å². The zero-order valence-electron chi connectivity index (χ0n) is 27.7. The van der Waals surface area contributed by atoms with Crippen LogP contribution in [-0.4, -0.2) is 37.1 Å². The van der Waals surface area contributed by atoms with E-state index in [1.165, 1.54) is 11.1 Å². The molecule has 0 spiro atoms. The molecule has 48 heavy (non-hydrogen) atoms. The Hall–Kier alpha value is -4.90. The third kappa shape index (κ3) is 7.16. The van der Waals surface area contributed by atoms with E-state index in [1.54, 1.807) is 31.6 Å². The number of nitrogens with two attached hydrogens (primary N) is 2. The quantitative estimate of drug-likeness (QED) is 0.175. The van der Waals surface area contributed by atoms with Gasteiger partial charge in [0.25, 0.3) is 0 Å². The highest BCUT2D eigenvalue weighted by Gasteiger charge is 2.27. The Kier molecular flexibility index (Phi) is 9.41. The summed E-state index contributed by atoms with van der Waals surface area (Å²) < 4.78 is 24.0. The number of carboxylic acids is 1. The van der Waals surface area contributed by atoms with Crippen molar-refractivity contribution in [1.29, 1.82) is 0 Å². The Bertz CT molecular complexity index is 1890. The minimum absolute atomic E-state index is 0.0694. The second-order valence-electron chi connectivity index (χ2n) is 13.7. The van der Waals surface area contributed by atoms with Crippen molar-refractivity contribution in [3.05, 3.63) is 107 Å². The fraction of sp³-hybridized carbons (Fsp3) is 0.378. The number of hydrogen-bond donors (Lipinski definition) is 4. The summed E-state index contributed by atoms with van der Waals surface area (Å²) in [5.41, 5.74) is 11.0. The molecule has 0 saturated heterocycles. The van der Waals surface area contributed by atoms with Crippen LogP contribution in [0.2, 0.25) is 0 Å². The minimum Gasteiger partial charge on any atom is -0.481 e. The number of benzene rings is 2. The number of nitrogens with zero attached hydrogens (tertiary/aromatic N) is 4. The molecule has 2 aliphatic rings. The number of carbonyl (C=O) groups is 1. The van der Waals surface area contributed by atoms with Gasteiger partial charge < -0.3 is 25.6 Å². The number of aromatic amines is 1. The largest absolute Gasteiger partial charge is 0.481 e. The first kappa shape index (κ1) is 33.0. The lowest BCUT2D eigenvalue weighted by atomic mass is 9.83. The monoisotopic (exact) mass is 653 g/mol. The van der Waals surface area contributed by atoms with E-state index in [1.807, 2.05) is 35.1 Å². The summed E-state index contributed by atoms with van der Waals surface area (Å²) in [6, 6.07) is 13.1. The lowest BCUT2D eigenvalue weighted by Gasteiger charge is -2.28. The number of hydrogen-bond acceptors (Lipinski definition) is 7. The number of allylic oxidation sites excluding steroid dienone is 2. The van der Waals surface area contributed by atoms with Crippen LogP contribution in [-0.2, 0) is 17.8 Å². The fourth-order valence-electron chi connectivity index (χ4n) is 6.57. The van der Waals surface area contributed by atoms with E-state index in [4.69, 9.17) is 26.4 Å². The standard InChI is InChI=1S/C37H44FN7O3/c1-23(36(46)47)17-24-7-6-8-25(18-24)33-9-4-5-13-37(2,3)34(39)22-44(40)21-28-27-11-15-41-31(27)20-29(38)35(28)48-26-10-14-42-32(19-26)30-12-16-45(33)43-30/h6-8,10-12,14-16,18,20,22-23,32-33,41H,4-5,9,13,17,19,21,39-40H2,1-3H3,(H,46,47)/b34-22-. The Morgan fingerprint density at radius 2 is 2.06 bits per heavy atom. The van der Waals surface area contributed by atoms with Gasteiger partial charge in [0.05, 0.1) is 24.2 Å². The van der Waals surface area contributed by atoms with Crippen LogP contribution >= 0.6 is 0 Å². The first-order valence-corrected chi connectivity index (χ1v) is 16.5. The number of nitrogens with one attached hydrogen (secondary N) is 1. The van der Waals surface area contributed by atoms with Crippen molar-refractivity contribution in [2.75, 3.05) is 0 Å². The van der Waals surface area contributed by atoms with Gasteiger partial charge in [-0.15, -0.1) is 0 Å². The summed E-state index contributed by atoms with van der Waals surface area (Å²) in [6.07, 6.45) is 13.3. The lowest BCUT2D eigenvalue weighted by molar-refractivity contribution is -0.141. The molecule has 2 aromatic carbocycles. The average Bonchev–Trinajstić information content (AvgIpc) is 3.73. The first-order chi connectivity index (χ1) is 23.0. The molecular weight excluding hydrogens is 609 g/mol. The maximum Gasteiger partial charge on any atom is 0.306 e. The molecule has 6 rings (SSSR count). The van der Waals surface area contributed by atoms with E-state index in [9.17, 15) is 9.90 Å². The van der Waals surface area contributed by atoms with Gasteiger partial charge in [-0.3, -0.25) is 14.5 Å². The summed E-state index contributed by atoms with van der Waals surface area (Å²) >= 11 is 0. The summed E-state index contributed by atoms with van der Waals surface area (Å²) in [5, 5.41) is 16.8. The van der Waals surface area contributed by atoms with Gasteiger partial charge in [0.1, 0.15) is 11.8 Å². The number of ether oxygens (including phenoxy) is 1. The molecule has 0 fully saturated rings. The predicted octanol–water partition coefficient (Wildman–Crippen LogP) is 6.91. The highest BCUT2D eigenvalue weighted by molar-refractivity contribution is 5.85. The van der Waals surface area contributed by atoms with Crippen molar-refractivity contribution in [1.82, 2.24) is 19.8 Å². The summed E-state index contributed by atoms with van der Waals surface area (Å²) in [4.78, 5) is 19.4. The van der Waals surface area contributed by atoms with E-state index in [2.05, 4.69) is 31.0 Å². The third-order valence-electron chi connectivity index (χ3n) is 9.57. The van der Waals surface area contributed by atoms with Crippen LogP contribution in [0, 0.1) is 17.2 Å². The summed E-state index contributed by atoms with van der Waals surface area (Å²) in [7, 11) is 0. The molecule has 3 unspecified atom stereocenters. The van der Waals surface area contributed by atoms with Gasteiger partial charge in [0, 0.05) is 64.9 Å². The molecule has 0 radical (unpaired) electrons. The minimum atomic E-state index is -0.813. The molecule has 0 amide bonds. The van der Waals surface area contributed by atoms with E-state index in [0.717, 1.165) is 47.9 Å². The Morgan fingerprint density at radius 3 is 2.88 bits per heavy atom. The Morgan fingerprint density at radius 1 is 1.23 bits per heavy atom. The van der Waals surface area contributed by atoms with Crippen LogP contribution in [0.3, 0.4) is 0 Å².